The SMILES string of the molecule is CC.CC1CCN(C)CC1.CC1CCN(C)CC1. The molecule has 0 radical (unpaired) electrons. The van der Waals surface area contributed by atoms with Crippen molar-refractivity contribution < 1.29 is 0 Å². The highest BCUT2D eigenvalue weighted by Crippen LogP contribution is 2.14. The van der Waals surface area contributed by atoms with Crippen molar-refractivity contribution in [1.82, 2.24) is 9.80 Å². The maximum atomic E-state index is 2.40. The largest absolute Gasteiger partial charge is 0.306 e. The molecule has 2 heterocycles. The van der Waals surface area contributed by atoms with Gasteiger partial charge in [-0.1, -0.05) is 27.7 Å². The van der Waals surface area contributed by atoms with Crippen LogP contribution in [0.2, 0.25) is 0 Å². The van der Waals surface area contributed by atoms with Crippen molar-refractivity contribution in [3.63, 3.8) is 0 Å². The van der Waals surface area contributed by atoms with E-state index in [0.717, 1.165) is 11.8 Å². The van der Waals surface area contributed by atoms with Crippen molar-refractivity contribution >= 4 is 0 Å². The van der Waals surface area contributed by atoms with Crippen LogP contribution in [-0.4, -0.2) is 50.1 Å². The van der Waals surface area contributed by atoms with Crippen LogP contribution in [0.1, 0.15) is 53.4 Å². The van der Waals surface area contributed by atoms with Crippen LogP contribution in [0.5, 0.6) is 0 Å². The van der Waals surface area contributed by atoms with E-state index in [9.17, 15) is 0 Å². The van der Waals surface area contributed by atoms with Crippen molar-refractivity contribution in [2.45, 2.75) is 53.4 Å². The van der Waals surface area contributed by atoms with Gasteiger partial charge in [-0.2, -0.15) is 0 Å². The Kier molecular flexibility index (Phi) is 10.8. The minimum Gasteiger partial charge on any atom is -0.306 e. The van der Waals surface area contributed by atoms with Crippen molar-refractivity contribution in [1.29, 1.82) is 0 Å². The van der Waals surface area contributed by atoms with Crippen LogP contribution >= 0.6 is 0 Å². The highest BCUT2D eigenvalue weighted by Gasteiger charge is 2.11. The first-order valence-electron chi connectivity index (χ1n) is 7.95. The van der Waals surface area contributed by atoms with Crippen LogP contribution in [0.4, 0.5) is 0 Å². The van der Waals surface area contributed by atoms with Crippen LogP contribution in [0.15, 0.2) is 0 Å². The molecule has 2 rings (SSSR count). The molecule has 0 bridgehead atoms. The van der Waals surface area contributed by atoms with Gasteiger partial charge in [-0.15, -0.1) is 0 Å². The van der Waals surface area contributed by atoms with Gasteiger partial charge in [0, 0.05) is 0 Å². The van der Waals surface area contributed by atoms with Crippen molar-refractivity contribution in [2.24, 2.45) is 11.8 Å². The van der Waals surface area contributed by atoms with E-state index in [1.54, 1.807) is 0 Å². The Labute approximate surface area is 116 Å². The highest BCUT2D eigenvalue weighted by atomic mass is 15.1. The summed E-state index contributed by atoms with van der Waals surface area (Å²) in [5.41, 5.74) is 0. The van der Waals surface area contributed by atoms with E-state index in [1.807, 2.05) is 13.8 Å². The number of piperidine rings is 2. The van der Waals surface area contributed by atoms with Gasteiger partial charge in [0.15, 0.2) is 0 Å². The monoisotopic (exact) mass is 256 g/mol. The molecule has 2 saturated heterocycles. The highest BCUT2D eigenvalue weighted by molar-refractivity contribution is 4.65. The zero-order valence-electron chi connectivity index (χ0n) is 13.7. The van der Waals surface area contributed by atoms with Gasteiger partial charge in [0.2, 0.25) is 0 Å². The summed E-state index contributed by atoms with van der Waals surface area (Å²) in [6.45, 7) is 13.9. The molecule has 0 saturated carbocycles. The first-order valence-corrected chi connectivity index (χ1v) is 7.95. The van der Waals surface area contributed by atoms with E-state index in [-0.39, 0.29) is 0 Å². The maximum Gasteiger partial charge on any atom is -0.00192 e. The fraction of sp³-hybridized carbons (Fsp3) is 1.00. The van der Waals surface area contributed by atoms with Crippen LogP contribution in [-0.2, 0) is 0 Å². The molecule has 18 heavy (non-hydrogen) atoms. The summed E-state index contributed by atoms with van der Waals surface area (Å²) >= 11 is 0. The molecule has 0 atom stereocenters. The van der Waals surface area contributed by atoms with Crippen molar-refractivity contribution in [3.8, 4) is 0 Å². The van der Waals surface area contributed by atoms with E-state index in [2.05, 4.69) is 37.7 Å². The average molecular weight is 256 g/mol. The lowest BCUT2D eigenvalue weighted by molar-refractivity contribution is 0.230. The third-order valence-corrected chi connectivity index (χ3v) is 4.01. The predicted octanol–water partition coefficient (Wildman–Crippen LogP) is 3.72. The standard InChI is InChI=1S/2C7H15N.C2H6/c2*1-7-3-5-8(2)6-4-7;1-2/h2*7H,3-6H2,1-2H3;1-2H3. The van der Waals surface area contributed by atoms with Crippen molar-refractivity contribution in [3.05, 3.63) is 0 Å². The predicted molar refractivity (Wildman–Crippen MR) is 83.1 cm³/mol. The number of likely N-dealkylation sites (tertiary alicyclic amines) is 2. The number of rotatable bonds is 0. The molecular weight excluding hydrogens is 220 g/mol. The van der Waals surface area contributed by atoms with E-state index < -0.39 is 0 Å². The number of hydrogen-bond acceptors (Lipinski definition) is 2. The molecule has 0 N–H and O–H groups in total. The van der Waals surface area contributed by atoms with Crippen LogP contribution in [0.3, 0.4) is 0 Å². The summed E-state index contributed by atoms with van der Waals surface area (Å²) in [6, 6.07) is 0. The Hall–Kier alpha value is -0.0800. The third kappa shape index (κ3) is 8.93. The molecule has 0 unspecified atom stereocenters. The normalized spacial score (nSPS) is 23.7. The summed E-state index contributed by atoms with van der Waals surface area (Å²) in [5.74, 6) is 1.96. The fourth-order valence-electron chi connectivity index (χ4n) is 2.28. The molecule has 110 valence electrons. The first-order chi connectivity index (χ1) is 8.58. The summed E-state index contributed by atoms with van der Waals surface area (Å²) in [7, 11) is 4.40. The van der Waals surface area contributed by atoms with E-state index >= 15 is 0 Å². The van der Waals surface area contributed by atoms with Gasteiger partial charge in [-0.3, -0.25) is 0 Å². The minimum absolute atomic E-state index is 0.978. The van der Waals surface area contributed by atoms with Gasteiger partial charge in [0.25, 0.3) is 0 Å². The maximum absolute atomic E-state index is 2.40. The van der Waals surface area contributed by atoms with E-state index in [0.29, 0.717) is 0 Å². The molecule has 0 spiro atoms. The second kappa shape index (κ2) is 10.8. The summed E-state index contributed by atoms with van der Waals surface area (Å²) < 4.78 is 0. The molecule has 2 nitrogen and oxygen atoms in total. The summed E-state index contributed by atoms with van der Waals surface area (Å²) in [4.78, 5) is 4.81. The molecule has 2 heteroatoms. The molecular formula is C16H36N2. The first kappa shape index (κ1) is 17.9. The molecule has 2 fully saturated rings. The van der Waals surface area contributed by atoms with Gasteiger partial charge in [0.1, 0.15) is 0 Å². The Morgan fingerprint density at radius 1 is 0.611 bits per heavy atom. The molecule has 2 aliphatic rings. The zero-order chi connectivity index (χ0) is 14.0. The number of hydrogen-bond donors (Lipinski definition) is 0. The number of nitrogens with zero attached hydrogens (tertiary/aromatic N) is 2. The van der Waals surface area contributed by atoms with E-state index in [4.69, 9.17) is 0 Å². The molecule has 0 aromatic carbocycles. The van der Waals surface area contributed by atoms with Gasteiger partial charge in [-0.05, 0) is 77.8 Å². The Morgan fingerprint density at radius 2 is 0.833 bits per heavy atom. The van der Waals surface area contributed by atoms with Gasteiger partial charge in [-0.25, -0.2) is 0 Å². The minimum atomic E-state index is 0.978. The van der Waals surface area contributed by atoms with Gasteiger partial charge < -0.3 is 9.80 Å². The van der Waals surface area contributed by atoms with Crippen LogP contribution in [0, 0.1) is 11.8 Å². The Morgan fingerprint density at radius 3 is 1.00 bits per heavy atom. The lowest BCUT2D eigenvalue weighted by Crippen LogP contribution is -2.28. The third-order valence-electron chi connectivity index (χ3n) is 4.01. The quantitative estimate of drug-likeness (QED) is 0.652. The van der Waals surface area contributed by atoms with E-state index in [1.165, 1.54) is 51.9 Å². The summed E-state index contributed by atoms with van der Waals surface area (Å²) in [5, 5.41) is 0. The summed E-state index contributed by atoms with van der Waals surface area (Å²) in [6.07, 6.45) is 5.60. The Bertz CT molecular complexity index is 126. The topological polar surface area (TPSA) is 6.48 Å². The van der Waals surface area contributed by atoms with Crippen LogP contribution < -0.4 is 0 Å². The molecule has 0 aromatic rings. The van der Waals surface area contributed by atoms with Gasteiger partial charge >= 0.3 is 0 Å². The van der Waals surface area contributed by atoms with Gasteiger partial charge in [0.05, 0.1) is 0 Å². The second-order valence-electron chi connectivity index (χ2n) is 5.97. The molecule has 2 aliphatic heterocycles. The fourth-order valence-corrected chi connectivity index (χ4v) is 2.28. The second-order valence-corrected chi connectivity index (χ2v) is 5.97. The van der Waals surface area contributed by atoms with Crippen LogP contribution in [0.25, 0.3) is 0 Å². The Balaban J connectivity index is 0.000000283. The zero-order valence-corrected chi connectivity index (χ0v) is 13.7. The van der Waals surface area contributed by atoms with Crippen molar-refractivity contribution in [2.75, 3.05) is 40.3 Å². The average Bonchev–Trinajstić information content (AvgIpc) is 2.40. The lowest BCUT2D eigenvalue weighted by atomic mass is 10.00. The molecule has 0 aromatic heterocycles. The molecule has 0 amide bonds. The lowest BCUT2D eigenvalue weighted by Gasteiger charge is -2.26. The molecule has 0 aliphatic carbocycles. The smallest absolute Gasteiger partial charge is 0.00192 e.